The van der Waals surface area contributed by atoms with Gasteiger partial charge in [-0.2, -0.15) is 0 Å². The van der Waals surface area contributed by atoms with Crippen LogP contribution < -0.4 is 11.2 Å². The summed E-state index contributed by atoms with van der Waals surface area (Å²) in [5.41, 5.74) is 2.60. The second-order valence-corrected chi connectivity index (χ2v) is 7.65. The number of benzene rings is 1. The van der Waals surface area contributed by atoms with Gasteiger partial charge < -0.3 is 4.90 Å². The third kappa shape index (κ3) is 3.30. The Kier molecular flexibility index (Phi) is 4.70. The van der Waals surface area contributed by atoms with E-state index >= 15 is 0 Å². The maximum absolute atomic E-state index is 13.0. The summed E-state index contributed by atoms with van der Waals surface area (Å²) in [7, 11) is 3.80. The lowest BCUT2D eigenvalue weighted by molar-refractivity contribution is 0.337. The molecule has 3 aromatic rings. The van der Waals surface area contributed by atoms with Crippen molar-refractivity contribution < 1.29 is 0 Å². The summed E-state index contributed by atoms with van der Waals surface area (Å²) in [6.45, 7) is 1.95. The number of fused-ring (bicyclic) bond motifs is 2. The summed E-state index contributed by atoms with van der Waals surface area (Å²) in [6.07, 6.45) is 6.64. The summed E-state index contributed by atoms with van der Waals surface area (Å²) in [4.78, 5) is 43.7. The maximum Gasteiger partial charge on any atom is 0.330 e. The monoisotopic (exact) mass is 380 g/mol. The van der Waals surface area contributed by atoms with E-state index in [0.717, 1.165) is 43.4 Å². The zero-order chi connectivity index (χ0) is 19.8. The van der Waals surface area contributed by atoms with E-state index in [2.05, 4.69) is 19.9 Å². The lowest BCUT2D eigenvalue weighted by Gasteiger charge is -2.22. The van der Waals surface area contributed by atoms with Crippen molar-refractivity contribution in [3.05, 3.63) is 38.5 Å². The first-order valence-electron chi connectivity index (χ1n) is 9.61. The van der Waals surface area contributed by atoms with E-state index in [-0.39, 0.29) is 22.8 Å². The molecule has 146 valence electrons. The first kappa shape index (κ1) is 18.3. The van der Waals surface area contributed by atoms with Gasteiger partial charge in [0.1, 0.15) is 0 Å². The van der Waals surface area contributed by atoms with Crippen LogP contribution in [0.5, 0.6) is 0 Å². The Labute approximate surface area is 162 Å². The van der Waals surface area contributed by atoms with Crippen LogP contribution in [0.1, 0.15) is 43.7 Å². The van der Waals surface area contributed by atoms with Crippen molar-refractivity contribution in [2.75, 3.05) is 14.1 Å². The Bertz CT molecular complexity index is 1190. The Morgan fingerprint density at radius 3 is 2.57 bits per heavy atom. The second kappa shape index (κ2) is 7.18. The van der Waals surface area contributed by atoms with Crippen LogP contribution in [0.15, 0.2) is 26.7 Å². The molecule has 28 heavy (non-hydrogen) atoms. The van der Waals surface area contributed by atoms with Crippen LogP contribution in [-0.4, -0.2) is 44.9 Å². The highest BCUT2D eigenvalue weighted by atomic mass is 16.2. The third-order valence-electron chi connectivity index (χ3n) is 5.22. The van der Waals surface area contributed by atoms with Crippen molar-refractivity contribution in [3.8, 4) is 0 Å². The molecule has 8 nitrogen and oxygen atoms in total. The molecule has 1 fully saturated rings. The van der Waals surface area contributed by atoms with Gasteiger partial charge in [-0.25, -0.2) is 19.8 Å². The molecule has 0 radical (unpaired) electrons. The summed E-state index contributed by atoms with van der Waals surface area (Å²) in [5, 5.41) is 0. The zero-order valence-electron chi connectivity index (χ0n) is 16.4. The van der Waals surface area contributed by atoms with Crippen LogP contribution in [0.2, 0.25) is 0 Å². The van der Waals surface area contributed by atoms with Gasteiger partial charge in [0, 0.05) is 20.1 Å². The fourth-order valence-corrected chi connectivity index (χ4v) is 3.79. The normalized spacial score (nSPS) is 15.7. The average molecular weight is 380 g/mol. The van der Waals surface area contributed by atoms with Crippen LogP contribution in [0.4, 0.5) is 5.69 Å². The minimum Gasteiger partial charge on any atom is -0.369 e. The number of hydrogen-bond acceptors (Lipinski definition) is 5. The number of nitrogens with one attached hydrogen (secondary N) is 1. The first-order valence-corrected chi connectivity index (χ1v) is 9.61. The van der Waals surface area contributed by atoms with E-state index < -0.39 is 5.69 Å². The van der Waals surface area contributed by atoms with E-state index in [9.17, 15) is 9.59 Å². The molecule has 0 bridgehead atoms. The Hall–Kier alpha value is -3.03. The third-order valence-corrected chi connectivity index (χ3v) is 5.22. The molecule has 0 unspecified atom stereocenters. The lowest BCUT2D eigenvalue weighted by Crippen LogP contribution is -2.39. The van der Waals surface area contributed by atoms with Gasteiger partial charge >= 0.3 is 5.69 Å². The standard InChI is InChI=1S/C20H24N6O2/c1-12-9-15-16(10-14(12)21-11-25(2)3)23-18-17(22-15)19(27)26(20(28)24-18)13-7-5-4-6-8-13/h9-11,13H,4-8H2,1-3H3,(H,23,24,28). The summed E-state index contributed by atoms with van der Waals surface area (Å²) >= 11 is 0. The van der Waals surface area contributed by atoms with Crippen molar-refractivity contribution in [1.82, 2.24) is 24.4 Å². The van der Waals surface area contributed by atoms with Gasteiger partial charge in [0.05, 0.1) is 23.1 Å². The second-order valence-electron chi connectivity index (χ2n) is 7.65. The van der Waals surface area contributed by atoms with Crippen molar-refractivity contribution in [3.63, 3.8) is 0 Å². The molecular formula is C20H24N6O2. The molecule has 2 heterocycles. The van der Waals surface area contributed by atoms with Crippen LogP contribution >= 0.6 is 0 Å². The van der Waals surface area contributed by atoms with E-state index in [0.29, 0.717) is 11.0 Å². The first-order chi connectivity index (χ1) is 13.4. The SMILES string of the molecule is Cc1cc2nc3c(=O)n(C4CCCCC4)c(=O)[nH]c3nc2cc1N=CN(C)C. The predicted molar refractivity (Wildman–Crippen MR) is 111 cm³/mol. The molecule has 1 aliphatic carbocycles. The molecule has 1 N–H and O–H groups in total. The summed E-state index contributed by atoms with van der Waals surface area (Å²) < 4.78 is 1.34. The minimum absolute atomic E-state index is 0.0589. The van der Waals surface area contributed by atoms with E-state index in [4.69, 9.17) is 0 Å². The van der Waals surface area contributed by atoms with Crippen molar-refractivity contribution >= 4 is 34.2 Å². The topological polar surface area (TPSA) is 96.2 Å². The Morgan fingerprint density at radius 1 is 1.14 bits per heavy atom. The van der Waals surface area contributed by atoms with Gasteiger partial charge in [-0.1, -0.05) is 19.3 Å². The minimum atomic E-state index is -0.406. The number of hydrogen-bond donors (Lipinski definition) is 1. The molecule has 4 rings (SSSR count). The van der Waals surface area contributed by atoms with Crippen molar-refractivity contribution in [2.24, 2.45) is 4.99 Å². The molecule has 0 aliphatic heterocycles. The van der Waals surface area contributed by atoms with E-state index in [1.165, 1.54) is 4.57 Å². The molecule has 0 atom stereocenters. The number of aromatic amines is 1. The fourth-order valence-electron chi connectivity index (χ4n) is 3.79. The number of aromatic nitrogens is 4. The quantitative estimate of drug-likeness (QED) is 0.428. The Balaban J connectivity index is 1.90. The highest BCUT2D eigenvalue weighted by Crippen LogP contribution is 2.27. The van der Waals surface area contributed by atoms with Crippen LogP contribution in [0.3, 0.4) is 0 Å². The lowest BCUT2D eigenvalue weighted by atomic mass is 9.95. The zero-order valence-corrected chi connectivity index (χ0v) is 16.4. The highest BCUT2D eigenvalue weighted by Gasteiger charge is 2.21. The van der Waals surface area contributed by atoms with Gasteiger partial charge in [0.25, 0.3) is 5.56 Å². The molecule has 0 saturated heterocycles. The van der Waals surface area contributed by atoms with Gasteiger partial charge in [0.15, 0.2) is 11.2 Å². The number of aliphatic imine (C=N–C) groups is 1. The predicted octanol–water partition coefficient (Wildman–Crippen LogP) is 2.67. The number of rotatable bonds is 3. The fraction of sp³-hybridized carbons (Fsp3) is 0.450. The van der Waals surface area contributed by atoms with Gasteiger partial charge in [-0.05, 0) is 37.5 Å². The summed E-state index contributed by atoms with van der Waals surface area (Å²) in [6, 6.07) is 3.64. The number of nitrogens with zero attached hydrogens (tertiary/aromatic N) is 5. The molecule has 1 aliphatic rings. The van der Waals surface area contributed by atoms with Crippen molar-refractivity contribution in [1.29, 1.82) is 0 Å². The highest BCUT2D eigenvalue weighted by molar-refractivity contribution is 5.87. The van der Waals surface area contributed by atoms with E-state index in [1.807, 2.05) is 38.1 Å². The van der Waals surface area contributed by atoms with Gasteiger partial charge in [-0.3, -0.25) is 14.3 Å². The van der Waals surface area contributed by atoms with Gasteiger partial charge in [0.2, 0.25) is 0 Å². The average Bonchev–Trinajstić information content (AvgIpc) is 2.66. The Morgan fingerprint density at radius 2 is 1.86 bits per heavy atom. The smallest absolute Gasteiger partial charge is 0.330 e. The molecule has 2 aromatic heterocycles. The van der Waals surface area contributed by atoms with Crippen LogP contribution in [0, 0.1) is 6.92 Å². The summed E-state index contributed by atoms with van der Waals surface area (Å²) in [5.74, 6) is 0. The molecule has 1 saturated carbocycles. The van der Waals surface area contributed by atoms with Crippen LogP contribution in [-0.2, 0) is 0 Å². The largest absolute Gasteiger partial charge is 0.369 e. The van der Waals surface area contributed by atoms with Crippen LogP contribution in [0.25, 0.3) is 22.2 Å². The maximum atomic E-state index is 13.0. The molecule has 0 amide bonds. The number of aryl methyl sites for hydroxylation is 1. The molecular weight excluding hydrogens is 356 g/mol. The van der Waals surface area contributed by atoms with E-state index in [1.54, 1.807) is 6.34 Å². The van der Waals surface area contributed by atoms with Crippen molar-refractivity contribution in [2.45, 2.75) is 45.1 Å². The molecule has 0 spiro atoms. The molecule has 8 heteroatoms. The van der Waals surface area contributed by atoms with Gasteiger partial charge in [-0.15, -0.1) is 0 Å². The number of H-pyrrole nitrogens is 1. The molecule has 1 aromatic carbocycles.